The highest BCUT2D eigenvalue weighted by molar-refractivity contribution is 5.79. The van der Waals surface area contributed by atoms with Crippen LogP contribution >= 0.6 is 0 Å². The van der Waals surface area contributed by atoms with Crippen molar-refractivity contribution in [3.05, 3.63) is 35.9 Å². The van der Waals surface area contributed by atoms with E-state index in [-0.39, 0.29) is 0 Å². The molecule has 6 heteroatoms. The Bertz CT molecular complexity index is 483. The number of hydrogen-bond acceptors (Lipinski definition) is 4. The summed E-state index contributed by atoms with van der Waals surface area (Å²) in [6.45, 7) is 7.29. The molecule has 1 aromatic rings. The van der Waals surface area contributed by atoms with Gasteiger partial charge < -0.3 is 10.5 Å². The third kappa shape index (κ3) is 6.27. The fraction of sp³-hybridized carbons (Fsp3) is 0.467. The molecule has 0 saturated heterocycles. The first-order chi connectivity index (χ1) is 9.69. The highest BCUT2D eigenvalue weighted by Gasteiger charge is 2.24. The molecule has 0 aliphatic rings. The maximum atomic E-state index is 11.9. The van der Waals surface area contributed by atoms with Gasteiger partial charge >= 0.3 is 6.09 Å². The third-order valence-corrected chi connectivity index (χ3v) is 2.71. The molecule has 1 aromatic carbocycles. The van der Waals surface area contributed by atoms with E-state index in [2.05, 4.69) is 5.43 Å². The van der Waals surface area contributed by atoms with Crippen LogP contribution in [0.25, 0.3) is 0 Å². The molecule has 2 amide bonds. The first-order valence-electron chi connectivity index (χ1n) is 6.78. The van der Waals surface area contributed by atoms with Crippen LogP contribution in [0.2, 0.25) is 0 Å². The van der Waals surface area contributed by atoms with Crippen molar-refractivity contribution < 1.29 is 14.3 Å². The van der Waals surface area contributed by atoms with Gasteiger partial charge in [-0.2, -0.15) is 0 Å². The average molecular weight is 293 g/mol. The van der Waals surface area contributed by atoms with Crippen LogP contribution in [0.4, 0.5) is 4.79 Å². The number of hydrogen-bond donors (Lipinski definition) is 2. The van der Waals surface area contributed by atoms with Crippen LogP contribution in [0, 0.1) is 0 Å². The van der Waals surface area contributed by atoms with Crippen molar-refractivity contribution in [1.29, 1.82) is 0 Å². The van der Waals surface area contributed by atoms with E-state index < -0.39 is 23.6 Å². The summed E-state index contributed by atoms with van der Waals surface area (Å²) in [5.41, 5.74) is 8.23. The van der Waals surface area contributed by atoms with Crippen molar-refractivity contribution in [1.82, 2.24) is 10.4 Å². The minimum absolute atomic E-state index is 0.351. The van der Waals surface area contributed by atoms with Crippen LogP contribution in [0.5, 0.6) is 0 Å². The molecule has 0 saturated carbocycles. The predicted octanol–water partition coefficient (Wildman–Crippen LogP) is 1.80. The zero-order valence-electron chi connectivity index (χ0n) is 12.9. The number of benzene rings is 1. The fourth-order valence-corrected chi connectivity index (χ4v) is 1.63. The lowest BCUT2D eigenvalue weighted by Crippen LogP contribution is -2.52. The molecule has 116 valence electrons. The van der Waals surface area contributed by atoms with Gasteiger partial charge in [-0.15, -0.1) is 0 Å². The van der Waals surface area contributed by atoms with E-state index >= 15 is 0 Å². The van der Waals surface area contributed by atoms with E-state index in [4.69, 9.17) is 10.5 Å². The zero-order chi connectivity index (χ0) is 16.0. The third-order valence-electron chi connectivity index (χ3n) is 2.71. The van der Waals surface area contributed by atoms with Crippen LogP contribution in [0.3, 0.4) is 0 Å². The summed E-state index contributed by atoms with van der Waals surface area (Å²) in [6, 6.07) is 8.81. The van der Waals surface area contributed by atoms with Crippen LogP contribution in [0.1, 0.15) is 33.3 Å². The molecular weight excluding hydrogens is 270 g/mol. The standard InChI is InChI=1S/C15H23N3O3/c1-11(13(16)19)18(10-12-8-6-5-7-9-12)17-14(20)21-15(2,3)4/h5-9,11H,10H2,1-4H3,(H2,16,19)(H,17,20)/t11-/m1/s1. The molecule has 3 N–H and O–H groups in total. The van der Waals surface area contributed by atoms with Gasteiger partial charge in [-0.1, -0.05) is 30.3 Å². The van der Waals surface area contributed by atoms with Gasteiger partial charge in [0, 0.05) is 6.54 Å². The number of ether oxygens (including phenoxy) is 1. The molecule has 6 nitrogen and oxygen atoms in total. The summed E-state index contributed by atoms with van der Waals surface area (Å²) in [4.78, 5) is 23.2. The van der Waals surface area contributed by atoms with E-state index in [0.29, 0.717) is 6.54 Å². The number of amides is 2. The van der Waals surface area contributed by atoms with Gasteiger partial charge in [0.15, 0.2) is 0 Å². The highest BCUT2D eigenvalue weighted by Crippen LogP contribution is 2.09. The van der Waals surface area contributed by atoms with Crippen molar-refractivity contribution in [2.45, 2.75) is 45.9 Å². The summed E-state index contributed by atoms with van der Waals surface area (Å²) in [5, 5.41) is 1.46. The molecule has 1 atom stereocenters. The fourth-order valence-electron chi connectivity index (χ4n) is 1.63. The van der Waals surface area contributed by atoms with E-state index in [1.807, 2.05) is 30.3 Å². The van der Waals surface area contributed by atoms with E-state index in [1.165, 1.54) is 5.01 Å². The van der Waals surface area contributed by atoms with Crippen LogP contribution in [-0.2, 0) is 16.1 Å². The Balaban J connectivity index is 2.78. The second-order valence-corrected chi connectivity index (χ2v) is 5.81. The molecule has 0 spiro atoms. The molecule has 0 bridgehead atoms. The zero-order valence-corrected chi connectivity index (χ0v) is 12.9. The van der Waals surface area contributed by atoms with Crippen molar-refractivity contribution in [2.24, 2.45) is 5.73 Å². The van der Waals surface area contributed by atoms with Crippen molar-refractivity contribution in [2.75, 3.05) is 0 Å². The molecule has 0 radical (unpaired) electrons. The van der Waals surface area contributed by atoms with Gasteiger partial charge in [0.2, 0.25) is 5.91 Å². The van der Waals surface area contributed by atoms with Crippen LogP contribution in [0.15, 0.2) is 30.3 Å². The summed E-state index contributed by atoms with van der Waals surface area (Å²) >= 11 is 0. The molecule has 0 aliphatic heterocycles. The van der Waals surface area contributed by atoms with Gasteiger partial charge in [0.25, 0.3) is 0 Å². The number of primary amides is 1. The summed E-state index contributed by atoms with van der Waals surface area (Å²) in [5.74, 6) is -0.526. The van der Waals surface area contributed by atoms with Crippen molar-refractivity contribution in [3.63, 3.8) is 0 Å². The summed E-state index contributed by atoms with van der Waals surface area (Å²) in [7, 11) is 0. The van der Waals surface area contributed by atoms with E-state index in [0.717, 1.165) is 5.56 Å². The normalized spacial score (nSPS) is 12.8. The Labute approximate surface area is 125 Å². The monoisotopic (exact) mass is 293 g/mol. The molecule has 0 fully saturated rings. The highest BCUT2D eigenvalue weighted by atomic mass is 16.6. The topological polar surface area (TPSA) is 84.7 Å². The SMILES string of the molecule is C[C@H](C(N)=O)N(Cc1ccccc1)NC(=O)OC(C)(C)C. The van der Waals surface area contributed by atoms with Gasteiger partial charge in [0.05, 0.1) is 0 Å². The Kier molecular flexibility index (Phi) is 5.72. The largest absolute Gasteiger partial charge is 0.443 e. The summed E-state index contributed by atoms with van der Waals surface area (Å²) in [6.07, 6.45) is -0.619. The maximum Gasteiger partial charge on any atom is 0.422 e. The second kappa shape index (κ2) is 7.08. The number of nitrogens with zero attached hydrogens (tertiary/aromatic N) is 1. The smallest absolute Gasteiger partial charge is 0.422 e. The molecule has 21 heavy (non-hydrogen) atoms. The molecule has 0 heterocycles. The van der Waals surface area contributed by atoms with Crippen molar-refractivity contribution in [3.8, 4) is 0 Å². The number of nitrogens with one attached hydrogen (secondary N) is 1. The second-order valence-electron chi connectivity index (χ2n) is 5.81. The quantitative estimate of drug-likeness (QED) is 0.811. The van der Waals surface area contributed by atoms with Gasteiger partial charge in [-0.25, -0.2) is 9.80 Å². The number of rotatable bonds is 5. The number of carbonyl (C=O) groups excluding carboxylic acids is 2. The lowest BCUT2D eigenvalue weighted by atomic mass is 10.2. The first kappa shape index (κ1) is 17.0. The molecular formula is C15H23N3O3. The number of carbonyl (C=O) groups is 2. The Morgan fingerprint density at radius 1 is 1.29 bits per heavy atom. The van der Waals surface area contributed by atoms with Crippen LogP contribution < -0.4 is 11.2 Å². The average Bonchev–Trinajstić information content (AvgIpc) is 2.36. The summed E-state index contributed by atoms with van der Waals surface area (Å²) < 4.78 is 5.19. The number of hydrazine groups is 1. The minimum atomic E-state index is -0.655. The molecule has 0 unspecified atom stereocenters. The molecule has 1 rings (SSSR count). The number of nitrogens with two attached hydrogens (primary N) is 1. The van der Waals surface area contributed by atoms with Gasteiger partial charge in [0.1, 0.15) is 11.6 Å². The first-order valence-corrected chi connectivity index (χ1v) is 6.78. The molecule has 0 aliphatic carbocycles. The Morgan fingerprint density at radius 3 is 2.33 bits per heavy atom. The van der Waals surface area contributed by atoms with Gasteiger partial charge in [-0.3, -0.25) is 10.2 Å². The molecule has 0 aromatic heterocycles. The van der Waals surface area contributed by atoms with E-state index in [1.54, 1.807) is 27.7 Å². The minimum Gasteiger partial charge on any atom is -0.443 e. The predicted molar refractivity (Wildman–Crippen MR) is 80.0 cm³/mol. The van der Waals surface area contributed by atoms with E-state index in [9.17, 15) is 9.59 Å². The van der Waals surface area contributed by atoms with Crippen molar-refractivity contribution >= 4 is 12.0 Å². The lowest BCUT2D eigenvalue weighted by molar-refractivity contribution is -0.124. The Morgan fingerprint density at radius 2 is 1.86 bits per heavy atom. The Hall–Kier alpha value is -2.08. The van der Waals surface area contributed by atoms with Gasteiger partial charge in [-0.05, 0) is 33.3 Å². The maximum absolute atomic E-state index is 11.9. The van der Waals surface area contributed by atoms with Crippen LogP contribution in [-0.4, -0.2) is 28.7 Å². The lowest BCUT2D eigenvalue weighted by Gasteiger charge is -2.29.